The van der Waals surface area contributed by atoms with Gasteiger partial charge in [-0.1, -0.05) is 12.1 Å². The molecule has 104 valence electrons. The van der Waals surface area contributed by atoms with Gasteiger partial charge in [0.1, 0.15) is 5.82 Å². The minimum absolute atomic E-state index is 0.0349. The van der Waals surface area contributed by atoms with Crippen molar-refractivity contribution in [3.05, 3.63) is 35.6 Å². The molecule has 1 fully saturated rings. The lowest BCUT2D eigenvalue weighted by atomic mass is 9.74. The molecule has 0 unspecified atom stereocenters. The Kier molecular flexibility index (Phi) is 4.71. The van der Waals surface area contributed by atoms with Gasteiger partial charge in [-0.15, -0.1) is 0 Å². The molecule has 0 atom stereocenters. The van der Waals surface area contributed by atoms with E-state index in [0.29, 0.717) is 5.11 Å². The van der Waals surface area contributed by atoms with Crippen LogP contribution in [0.25, 0.3) is 0 Å². The molecule has 2 rings (SSSR count). The lowest BCUT2D eigenvalue weighted by Gasteiger charge is -2.38. The molecule has 0 aromatic heterocycles. The Hall–Kier alpha value is -1.20. The van der Waals surface area contributed by atoms with Gasteiger partial charge in [-0.25, -0.2) is 4.39 Å². The SMILES string of the molecule is CNC(=S)NCC1(c2ccc(F)cc2)CCOCC1. The highest BCUT2D eigenvalue weighted by atomic mass is 32.1. The molecular weight excluding hydrogens is 263 g/mol. The van der Waals surface area contributed by atoms with Gasteiger partial charge in [-0.3, -0.25) is 0 Å². The van der Waals surface area contributed by atoms with E-state index in [1.54, 1.807) is 7.05 Å². The highest BCUT2D eigenvalue weighted by Gasteiger charge is 2.34. The Morgan fingerprint density at radius 2 is 1.95 bits per heavy atom. The van der Waals surface area contributed by atoms with Gasteiger partial charge in [0.15, 0.2) is 5.11 Å². The van der Waals surface area contributed by atoms with E-state index >= 15 is 0 Å². The van der Waals surface area contributed by atoms with Crippen LogP contribution in [0.4, 0.5) is 4.39 Å². The van der Waals surface area contributed by atoms with Crippen molar-refractivity contribution >= 4 is 17.3 Å². The van der Waals surface area contributed by atoms with Crippen molar-refractivity contribution in [3.63, 3.8) is 0 Å². The molecule has 1 saturated heterocycles. The predicted octanol–water partition coefficient (Wildman–Crippen LogP) is 1.97. The fraction of sp³-hybridized carbons (Fsp3) is 0.500. The second-order valence-corrected chi connectivity index (χ2v) is 5.24. The number of halogens is 1. The standard InChI is InChI=1S/C14H19FN2OS/c1-16-13(19)17-10-14(6-8-18-9-7-14)11-2-4-12(15)5-3-11/h2-5H,6-10H2,1H3,(H2,16,17,19). The molecule has 2 N–H and O–H groups in total. The predicted molar refractivity (Wildman–Crippen MR) is 77.8 cm³/mol. The summed E-state index contributed by atoms with van der Waals surface area (Å²) < 4.78 is 18.5. The van der Waals surface area contributed by atoms with Crippen molar-refractivity contribution in [2.45, 2.75) is 18.3 Å². The van der Waals surface area contributed by atoms with E-state index < -0.39 is 0 Å². The minimum Gasteiger partial charge on any atom is -0.381 e. The maximum absolute atomic E-state index is 13.1. The molecule has 1 aliphatic rings. The molecule has 0 amide bonds. The molecule has 1 heterocycles. The lowest BCUT2D eigenvalue weighted by molar-refractivity contribution is 0.0514. The van der Waals surface area contributed by atoms with Crippen LogP contribution in [0.15, 0.2) is 24.3 Å². The molecule has 1 aliphatic heterocycles. The molecular formula is C14H19FN2OS. The summed E-state index contributed by atoms with van der Waals surface area (Å²) in [7, 11) is 1.80. The zero-order valence-electron chi connectivity index (χ0n) is 11.0. The van der Waals surface area contributed by atoms with Crippen LogP contribution in [0.2, 0.25) is 0 Å². The quantitative estimate of drug-likeness (QED) is 0.831. The molecule has 0 saturated carbocycles. The van der Waals surface area contributed by atoms with Crippen molar-refractivity contribution in [3.8, 4) is 0 Å². The average molecular weight is 282 g/mol. The van der Waals surface area contributed by atoms with Crippen molar-refractivity contribution in [2.24, 2.45) is 0 Å². The van der Waals surface area contributed by atoms with Crippen molar-refractivity contribution < 1.29 is 9.13 Å². The number of benzene rings is 1. The van der Waals surface area contributed by atoms with Gasteiger partial charge in [0.05, 0.1) is 0 Å². The summed E-state index contributed by atoms with van der Waals surface area (Å²) >= 11 is 5.13. The normalized spacial score (nSPS) is 17.8. The van der Waals surface area contributed by atoms with Gasteiger partial charge < -0.3 is 15.4 Å². The van der Waals surface area contributed by atoms with Crippen molar-refractivity contribution in [2.75, 3.05) is 26.8 Å². The van der Waals surface area contributed by atoms with Crippen LogP contribution in [-0.4, -0.2) is 31.9 Å². The maximum Gasteiger partial charge on any atom is 0.166 e. The fourth-order valence-electron chi connectivity index (χ4n) is 2.47. The third-order valence-corrected chi connectivity index (χ3v) is 4.07. The number of rotatable bonds is 3. The minimum atomic E-state index is -0.204. The second kappa shape index (κ2) is 6.30. The second-order valence-electron chi connectivity index (χ2n) is 4.83. The highest BCUT2D eigenvalue weighted by Crippen LogP contribution is 2.34. The Bertz CT molecular complexity index is 430. The summed E-state index contributed by atoms with van der Waals surface area (Å²) in [5, 5.41) is 6.77. The fourth-order valence-corrected chi connectivity index (χ4v) is 2.54. The van der Waals surface area contributed by atoms with Gasteiger partial charge in [0.25, 0.3) is 0 Å². The Labute approximate surface area is 118 Å². The number of ether oxygens (including phenoxy) is 1. The Balaban J connectivity index is 2.18. The third kappa shape index (κ3) is 3.42. The van der Waals surface area contributed by atoms with Crippen LogP contribution >= 0.6 is 12.2 Å². The molecule has 0 bridgehead atoms. The van der Waals surface area contributed by atoms with Crippen LogP contribution in [0.3, 0.4) is 0 Å². The number of thiocarbonyl (C=S) groups is 1. The lowest BCUT2D eigenvalue weighted by Crippen LogP contribution is -2.46. The van der Waals surface area contributed by atoms with E-state index in [1.165, 1.54) is 12.1 Å². The Morgan fingerprint density at radius 3 is 2.53 bits per heavy atom. The molecule has 5 heteroatoms. The van der Waals surface area contributed by atoms with E-state index in [0.717, 1.165) is 38.2 Å². The molecule has 1 aromatic carbocycles. The average Bonchev–Trinajstić information content (AvgIpc) is 2.46. The number of nitrogens with one attached hydrogen (secondary N) is 2. The monoisotopic (exact) mass is 282 g/mol. The first-order chi connectivity index (χ1) is 9.16. The maximum atomic E-state index is 13.1. The summed E-state index contributed by atoms with van der Waals surface area (Å²) in [5.74, 6) is -0.204. The highest BCUT2D eigenvalue weighted by molar-refractivity contribution is 7.80. The van der Waals surface area contributed by atoms with Crippen LogP contribution in [0, 0.1) is 5.82 Å². The zero-order valence-corrected chi connectivity index (χ0v) is 11.9. The van der Waals surface area contributed by atoms with E-state index in [1.807, 2.05) is 12.1 Å². The molecule has 19 heavy (non-hydrogen) atoms. The van der Waals surface area contributed by atoms with Gasteiger partial charge in [0.2, 0.25) is 0 Å². The number of hydrogen-bond acceptors (Lipinski definition) is 2. The first-order valence-corrected chi connectivity index (χ1v) is 6.86. The van der Waals surface area contributed by atoms with Crippen molar-refractivity contribution in [1.29, 1.82) is 0 Å². The molecule has 0 aliphatic carbocycles. The van der Waals surface area contributed by atoms with Crippen LogP contribution in [0.1, 0.15) is 18.4 Å². The molecule has 0 spiro atoms. The van der Waals surface area contributed by atoms with E-state index in [2.05, 4.69) is 10.6 Å². The van der Waals surface area contributed by atoms with Crippen LogP contribution in [-0.2, 0) is 10.2 Å². The zero-order chi connectivity index (χ0) is 13.7. The largest absolute Gasteiger partial charge is 0.381 e. The van der Waals surface area contributed by atoms with Gasteiger partial charge >= 0.3 is 0 Å². The van der Waals surface area contributed by atoms with Crippen LogP contribution in [0.5, 0.6) is 0 Å². The first kappa shape index (κ1) is 14.2. The molecule has 1 aromatic rings. The topological polar surface area (TPSA) is 33.3 Å². The molecule has 3 nitrogen and oxygen atoms in total. The summed E-state index contributed by atoms with van der Waals surface area (Å²) in [6.45, 7) is 2.19. The smallest absolute Gasteiger partial charge is 0.166 e. The van der Waals surface area contributed by atoms with Gasteiger partial charge in [-0.05, 0) is 42.8 Å². The van der Waals surface area contributed by atoms with E-state index in [-0.39, 0.29) is 11.2 Å². The van der Waals surface area contributed by atoms with E-state index in [4.69, 9.17) is 17.0 Å². The van der Waals surface area contributed by atoms with Gasteiger partial charge in [-0.2, -0.15) is 0 Å². The Morgan fingerprint density at radius 1 is 1.32 bits per heavy atom. The summed E-state index contributed by atoms with van der Waals surface area (Å²) in [6, 6.07) is 6.77. The summed E-state index contributed by atoms with van der Waals surface area (Å²) in [4.78, 5) is 0. The van der Waals surface area contributed by atoms with Gasteiger partial charge in [0, 0.05) is 32.2 Å². The first-order valence-electron chi connectivity index (χ1n) is 6.46. The molecule has 0 radical (unpaired) electrons. The summed E-state index contributed by atoms with van der Waals surface area (Å²) in [5.41, 5.74) is 1.11. The third-order valence-electron chi connectivity index (χ3n) is 3.72. The summed E-state index contributed by atoms with van der Waals surface area (Å²) in [6.07, 6.45) is 1.83. The van der Waals surface area contributed by atoms with E-state index in [9.17, 15) is 4.39 Å². The number of hydrogen-bond donors (Lipinski definition) is 2. The van der Waals surface area contributed by atoms with Crippen LogP contribution < -0.4 is 10.6 Å². The van der Waals surface area contributed by atoms with Crippen molar-refractivity contribution in [1.82, 2.24) is 10.6 Å².